The fourth-order valence-corrected chi connectivity index (χ4v) is 6.11. The van der Waals surface area contributed by atoms with Crippen LogP contribution in [-0.4, -0.2) is 50.9 Å². The molecule has 0 radical (unpaired) electrons. The molecule has 1 atom stereocenters. The maximum absolute atomic E-state index is 13.9. The first-order valence-electron chi connectivity index (χ1n) is 15.0. The first-order valence-corrected chi connectivity index (χ1v) is 16.5. The maximum atomic E-state index is 13.9. The molecule has 0 bridgehead atoms. The van der Waals surface area contributed by atoms with Crippen molar-refractivity contribution >= 4 is 21.8 Å². The molecule has 0 aliphatic heterocycles. The highest BCUT2D eigenvalue weighted by molar-refractivity contribution is 7.89. The number of methoxy groups -OCH3 is 1. The third-order valence-corrected chi connectivity index (χ3v) is 9.10. The number of hydrogen-bond acceptors (Lipinski definition) is 5. The summed E-state index contributed by atoms with van der Waals surface area (Å²) in [5, 5.41) is 3.07. The van der Waals surface area contributed by atoms with Gasteiger partial charge in [0.1, 0.15) is 11.8 Å². The summed E-state index contributed by atoms with van der Waals surface area (Å²) in [5.41, 5.74) is 2.71. The zero-order valence-corrected chi connectivity index (χ0v) is 26.1. The average Bonchev–Trinajstić information content (AvgIpc) is 3.82. The molecule has 1 aliphatic rings. The zero-order chi connectivity index (χ0) is 30.8. The van der Waals surface area contributed by atoms with Crippen LogP contribution in [0.25, 0.3) is 0 Å². The Kier molecular flexibility index (Phi) is 11.4. The number of rotatable bonds is 16. The van der Waals surface area contributed by atoms with Crippen molar-refractivity contribution in [2.75, 3.05) is 13.7 Å². The molecule has 0 saturated heterocycles. The van der Waals surface area contributed by atoms with E-state index in [1.807, 2.05) is 54.6 Å². The summed E-state index contributed by atoms with van der Waals surface area (Å²) in [5.74, 6) is 0.828. The van der Waals surface area contributed by atoms with Gasteiger partial charge in [-0.2, -0.15) is 0 Å². The fourth-order valence-electron chi connectivity index (χ4n) is 4.80. The van der Waals surface area contributed by atoms with Gasteiger partial charge in [-0.3, -0.25) is 9.59 Å². The van der Waals surface area contributed by atoms with Crippen LogP contribution in [0.15, 0.2) is 83.8 Å². The van der Waals surface area contributed by atoms with Crippen LogP contribution >= 0.6 is 0 Å². The van der Waals surface area contributed by atoms with Crippen LogP contribution < -0.4 is 14.8 Å². The van der Waals surface area contributed by atoms with Gasteiger partial charge in [-0.1, -0.05) is 68.4 Å². The Labute approximate surface area is 255 Å². The van der Waals surface area contributed by atoms with Crippen molar-refractivity contribution in [3.63, 3.8) is 0 Å². The van der Waals surface area contributed by atoms with E-state index in [2.05, 4.69) is 23.9 Å². The summed E-state index contributed by atoms with van der Waals surface area (Å²) in [7, 11) is -1.94. The van der Waals surface area contributed by atoms with E-state index in [-0.39, 0.29) is 35.7 Å². The molecule has 3 aromatic carbocycles. The van der Waals surface area contributed by atoms with Gasteiger partial charge < -0.3 is 15.0 Å². The van der Waals surface area contributed by atoms with Crippen molar-refractivity contribution in [2.45, 2.75) is 75.9 Å². The summed E-state index contributed by atoms with van der Waals surface area (Å²) in [6.07, 6.45) is 3.56. The number of carbonyl (C=O) groups excluding carboxylic acids is 2. The summed E-state index contributed by atoms with van der Waals surface area (Å²) in [6, 6.07) is 23.2. The van der Waals surface area contributed by atoms with Gasteiger partial charge in [0.25, 0.3) is 0 Å². The second-order valence-corrected chi connectivity index (χ2v) is 13.3. The van der Waals surface area contributed by atoms with Crippen molar-refractivity contribution in [3.05, 3.63) is 95.6 Å². The van der Waals surface area contributed by atoms with Gasteiger partial charge >= 0.3 is 0 Å². The van der Waals surface area contributed by atoms with Gasteiger partial charge in [0.05, 0.1) is 12.0 Å². The molecule has 8 nitrogen and oxygen atoms in total. The summed E-state index contributed by atoms with van der Waals surface area (Å²) >= 11 is 0. The van der Waals surface area contributed by atoms with E-state index in [4.69, 9.17) is 4.74 Å². The lowest BCUT2D eigenvalue weighted by Gasteiger charge is -2.32. The minimum atomic E-state index is -3.54. The Morgan fingerprint density at radius 2 is 1.56 bits per heavy atom. The fraction of sp³-hybridized carbons (Fsp3) is 0.412. The standard InChI is InChI=1S/C34H43N3O5S/c1-25(2)21-22-35-34(39)32(23-27-7-5-4-6-8-27)37(24-28-9-16-30(42-3)17-10-28)33(38)20-13-26-11-18-31(19-12-26)43(40,41)36-29-14-15-29/h4-12,16-19,25,29,32,36H,13-15,20-24H2,1-3H3,(H,35,39)/t32-/m0/s1. The molecule has 9 heteroatoms. The molecule has 4 rings (SSSR count). The van der Waals surface area contributed by atoms with Crippen LogP contribution in [-0.2, 0) is 39.0 Å². The van der Waals surface area contributed by atoms with Crippen LogP contribution in [0.3, 0.4) is 0 Å². The van der Waals surface area contributed by atoms with Gasteiger partial charge in [0, 0.05) is 32.0 Å². The van der Waals surface area contributed by atoms with Crippen molar-refractivity contribution in [2.24, 2.45) is 5.92 Å². The number of aryl methyl sites for hydroxylation is 1. The van der Waals surface area contributed by atoms with E-state index >= 15 is 0 Å². The summed E-state index contributed by atoms with van der Waals surface area (Å²) in [4.78, 5) is 29.5. The molecule has 0 heterocycles. The number of hydrogen-bond donors (Lipinski definition) is 2. The molecule has 1 aliphatic carbocycles. The molecule has 0 unspecified atom stereocenters. The number of benzene rings is 3. The molecule has 3 aromatic rings. The largest absolute Gasteiger partial charge is 0.497 e. The van der Waals surface area contributed by atoms with Crippen LogP contribution in [0.5, 0.6) is 5.75 Å². The molecular weight excluding hydrogens is 562 g/mol. The number of nitrogens with zero attached hydrogens (tertiary/aromatic N) is 1. The Hall–Kier alpha value is -3.69. The first kappa shape index (κ1) is 32.2. The topological polar surface area (TPSA) is 105 Å². The van der Waals surface area contributed by atoms with Crippen molar-refractivity contribution in [1.82, 2.24) is 14.9 Å². The zero-order valence-electron chi connectivity index (χ0n) is 25.3. The van der Waals surface area contributed by atoms with E-state index in [1.54, 1.807) is 36.3 Å². The van der Waals surface area contributed by atoms with Gasteiger partial charge in [-0.05, 0) is 72.6 Å². The molecule has 2 amide bonds. The normalized spacial score (nSPS) is 13.9. The highest BCUT2D eigenvalue weighted by Crippen LogP contribution is 2.23. The first-order chi connectivity index (χ1) is 20.6. The predicted molar refractivity (Wildman–Crippen MR) is 168 cm³/mol. The van der Waals surface area contributed by atoms with Gasteiger partial charge in [0.2, 0.25) is 21.8 Å². The number of carbonyl (C=O) groups is 2. The van der Waals surface area contributed by atoms with Crippen LogP contribution in [0.2, 0.25) is 0 Å². The quantitative estimate of drug-likeness (QED) is 0.243. The molecule has 43 heavy (non-hydrogen) atoms. The highest BCUT2D eigenvalue weighted by atomic mass is 32.2. The van der Waals surface area contributed by atoms with Crippen molar-refractivity contribution in [1.29, 1.82) is 0 Å². The van der Waals surface area contributed by atoms with E-state index < -0.39 is 16.1 Å². The van der Waals surface area contributed by atoms with Crippen molar-refractivity contribution in [3.8, 4) is 5.75 Å². The molecular formula is C34H43N3O5S. The Balaban J connectivity index is 1.54. The molecule has 0 aromatic heterocycles. The number of amides is 2. The molecule has 1 fully saturated rings. The van der Waals surface area contributed by atoms with E-state index in [0.717, 1.165) is 36.0 Å². The third-order valence-electron chi connectivity index (χ3n) is 7.56. The third kappa shape index (κ3) is 9.93. The average molecular weight is 606 g/mol. The molecule has 0 spiro atoms. The lowest BCUT2D eigenvalue weighted by atomic mass is 10.0. The van der Waals surface area contributed by atoms with Crippen LogP contribution in [0.4, 0.5) is 0 Å². The van der Waals surface area contributed by atoms with Gasteiger partial charge in [-0.25, -0.2) is 13.1 Å². The maximum Gasteiger partial charge on any atom is 0.243 e. The Bertz CT molecular complexity index is 1440. The molecule has 2 N–H and O–H groups in total. The summed E-state index contributed by atoms with van der Waals surface area (Å²) < 4.78 is 33.1. The minimum absolute atomic E-state index is 0.0328. The molecule has 1 saturated carbocycles. The van der Waals surface area contributed by atoms with E-state index in [0.29, 0.717) is 31.1 Å². The second-order valence-electron chi connectivity index (χ2n) is 11.6. The van der Waals surface area contributed by atoms with Gasteiger partial charge in [0.15, 0.2) is 0 Å². The lowest BCUT2D eigenvalue weighted by molar-refractivity contribution is -0.141. The minimum Gasteiger partial charge on any atom is -0.497 e. The van der Waals surface area contributed by atoms with Crippen LogP contribution in [0.1, 0.15) is 56.2 Å². The number of nitrogens with one attached hydrogen (secondary N) is 2. The van der Waals surface area contributed by atoms with Crippen molar-refractivity contribution < 1.29 is 22.7 Å². The molecule has 230 valence electrons. The Morgan fingerprint density at radius 3 is 2.16 bits per heavy atom. The SMILES string of the molecule is COc1ccc(CN(C(=O)CCc2ccc(S(=O)(=O)NC3CC3)cc2)[C@@H](Cc2ccccc2)C(=O)NCCC(C)C)cc1. The second kappa shape index (κ2) is 15.2. The Morgan fingerprint density at radius 1 is 0.907 bits per heavy atom. The lowest BCUT2D eigenvalue weighted by Crippen LogP contribution is -2.50. The van der Waals surface area contributed by atoms with Crippen LogP contribution in [0, 0.1) is 5.92 Å². The highest BCUT2D eigenvalue weighted by Gasteiger charge is 2.31. The summed E-state index contributed by atoms with van der Waals surface area (Å²) in [6.45, 7) is 5.02. The smallest absolute Gasteiger partial charge is 0.243 e. The van der Waals surface area contributed by atoms with E-state index in [9.17, 15) is 18.0 Å². The number of sulfonamides is 1. The predicted octanol–water partition coefficient (Wildman–Crippen LogP) is 4.87. The number of ether oxygens (including phenoxy) is 1. The van der Waals surface area contributed by atoms with Gasteiger partial charge in [-0.15, -0.1) is 0 Å². The monoisotopic (exact) mass is 605 g/mol. The van der Waals surface area contributed by atoms with E-state index in [1.165, 1.54) is 0 Å².